The summed E-state index contributed by atoms with van der Waals surface area (Å²) in [6.07, 6.45) is 9.08. The second kappa shape index (κ2) is 14.1. The van der Waals surface area contributed by atoms with E-state index in [4.69, 9.17) is 0 Å². The normalized spacial score (nSPS) is 17.4. The molecule has 0 radical (unpaired) electrons. The third-order valence-electron chi connectivity index (χ3n) is 7.24. The lowest BCUT2D eigenvalue weighted by Gasteiger charge is -2.34. The third kappa shape index (κ3) is 8.77. The molecule has 2 fully saturated rings. The van der Waals surface area contributed by atoms with Crippen molar-refractivity contribution in [1.82, 2.24) is 15.1 Å². The molecule has 0 saturated carbocycles. The van der Waals surface area contributed by atoms with E-state index >= 15 is 0 Å². The van der Waals surface area contributed by atoms with Gasteiger partial charge in [-0.3, -0.25) is 14.4 Å². The number of carbonyl (C=O) groups excluding carboxylic acids is 3. The first-order valence-corrected chi connectivity index (χ1v) is 13.1. The number of piperidine rings is 2. The Morgan fingerprint density at radius 2 is 1.26 bits per heavy atom. The van der Waals surface area contributed by atoms with Crippen LogP contribution in [0.5, 0.6) is 0 Å². The standard InChI is InChI=1S/C28H45N3O3/c1-21(2)23(5)30-17-14-25(15-18-30)27(33)29-16-10-8-6-7-9-11-26(32)24-12-19-31(20-13-24)28(34)22(3)4/h24-25H,1,3,5-20H2,2,4H3,(H,29,33). The second-order valence-corrected chi connectivity index (χ2v) is 10.1. The maximum absolute atomic E-state index is 12.5. The minimum absolute atomic E-state index is 0.0114. The minimum atomic E-state index is 0.0114. The third-order valence-corrected chi connectivity index (χ3v) is 7.24. The Labute approximate surface area is 206 Å². The van der Waals surface area contributed by atoms with Crippen molar-refractivity contribution in [1.29, 1.82) is 0 Å². The Kier molecular flexibility index (Phi) is 11.6. The summed E-state index contributed by atoms with van der Waals surface area (Å²) in [7, 11) is 0. The average Bonchev–Trinajstić information content (AvgIpc) is 2.84. The van der Waals surface area contributed by atoms with Crippen molar-refractivity contribution in [2.24, 2.45) is 11.8 Å². The van der Waals surface area contributed by atoms with Gasteiger partial charge in [-0.25, -0.2) is 0 Å². The van der Waals surface area contributed by atoms with E-state index < -0.39 is 0 Å². The topological polar surface area (TPSA) is 69.7 Å². The molecular formula is C28H45N3O3. The molecule has 0 unspecified atom stereocenters. The van der Waals surface area contributed by atoms with Gasteiger partial charge in [0.15, 0.2) is 0 Å². The summed E-state index contributed by atoms with van der Waals surface area (Å²) in [5.74, 6) is 0.758. The predicted molar refractivity (Wildman–Crippen MR) is 138 cm³/mol. The van der Waals surface area contributed by atoms with Crippen LogP contribution >= 0.6 is 0 Å². The molecule has 2 amide bonds. The molecule has 1 N–H and O–H groups in total. The summed E-state index contributed by atoms with van der Waals surface area (Å²) in [5, 5.41) is 3.10. The molecule has 0 aliphatic carbocycles. The summed E-state index contributed by atoms with van der Waals surface area (Å²) in [4.78, 5) is 40.9. The van der Waals surface area contributed by atoms with E-state index in [1.54, 1.807) is 6.92 Å². The van der Waals surface area contributed by atoms with Crippen molar-refractivity contribution in [3.05, 3.63) is 36.6 Å². The van der Waals surface area contributed by atoms with Crippen LogP contribution in [0.3, 0.4) is 0 Å². The fourth-order valence-electron chi connectivity index (χ4n) is 4.87. The van der Waals surface area contributed by atoms with Gasteiger partial charge in [-0.1, -0.05) is 39.0 Å². The van der Waals surface area contributed by atoms with Crippen LogP contribution in [0, 0.1) is 11.8 Å². The largest absolute Gasteiger partial charge is 0.372 e. The van der Waals surface area contributed by atoms with Crippen LogP contribution in [0.1, 0.15) is 78.1 Å². The Hall–Kier alpha value is -2.37. The number of amides is 2. The molecule has 0 aromatic rings. The predicted octanol–water partition coefficient (Wildman–Crippen LogP) is 4.63. The highest BCUT2D eigenvalue weighted by Crippen LogP contribution is 2.23. The Morgan fingerprint density at radius 1 is 0.735 bits per heavy atom. The molecule has 0 bridgehead atoms. The smallest absolute Gasteiger partial charge is 0.248 e. The van der Waals surface area contributed by atoms with E-state index in [0.29, 0.717) is 30.9 Å². The summed E-state index contributed by atoms with van der Waals surface area (Å²) in [5.41, 5.74) is 2.54. The van der Waals surface area contributed by atoms with Crippen LogP contribution in [-0.2, 0) is 14.4 Å². The number of Topliss-reactive ketones (excluding diaryl/α,β-unsaturated/α-hetero) is 1. The Morgan fingerprint density at radius 3 is 1.85 bits per heavy atom. The molecule has 6 nitrogen and oxygen atoms in total. The molecule has 6 heteroatoms. The molecule has 0 spiro atoms. The van der Waals surface area contributed by atoms with Crippen molar-refractivity contribution < 1.29 is 14.4 Å². The number of hydrogen-bond acceptors (Lipinski definition) is 4. The number of unbranched alkanes of at least 4 members (excludes halogenated alkanes) is 4. The number of allylic oxidation sites excluding steroid dienone is 1. The summed E-state index contributed by atoms with van der Waals surface area (Å²) in [6.45, 7) is 19.3. The maximum atomic E-state index is 12.5. The number of nitrogens with zero attached hydrogens (tertiary/aromatic N) is 2. The van der Waals surface area contributed by atoms with Crippen molar-refractivity contribution in [2.45, 2.75) is 78.1 Å². The van der Waals surface area contributed by atoms with E-state index in [-0.39, 0.29) is 23.7 Å². The van der Waals surface area contributed by atoms with E-state index in [9.17, 15) is 14.4 Å². The van der Waals surface area contributed by atoms with Gasteiger partial charge in [0.1, 0.15) is 5.78 Å². The molecule has 0 aromatic carbocycles. The number of rotatable bonds is 13. The van der Waals surface area contributed by atoms with Gasteiger partial charge in [0, 0.05) is 62.3 Å². The first-order valence-electron chi connectivity index (χ1n) is 13.1. The summed E-state index contributed by atoms with van der Waals surface area (Å²) >= 11 is 0. The monoisotopic (exact) mass is 471 g/mol. The lowest BCUT2D eigenvalue weighted by molar-refractivity contribution is -0.131. The number of hydrogen-bond donors (Lipinski definition) is 1. The number of nitrogens with one attached hydrogen (secondary N) is 1. The molecule has 34 heavy (non-hydrogen) atoms. The molecule has 2 aliphatic heterocycles. The molecule has 0 aromatic heterocycles. The van der Waals surface area contributed by atoms with Crippen LogP contribution < -0.4 is 5.32 Å². The Bertz CT molecular complexity index is 693. The lowest BCUT2D eigenvalue weighted by atomic mass is 9.89. The highest BCUT2D eigenvalue weighted by molar-refractivity contribution is 5.92. The highest BCUT2D eigenvalue weighted by Gasteiger charge is 2.27. The van der Waals surface area contributed by atoms with Gasteiger partial charge in [0.25, 0.3) is 0 Å². The first kappa shape index (κ1) is 27.9. The molecule has 2 aliphatic rings. The van der Waals surface area contributed by atoms with Gasteiger partial charge in [0.05, 0.1) is 0 Å². The van der Waals surface area contributed by atoms with Crippen LogP contribution in [0.2, 0.25) is 0 Å². The molecule has 2 saturated heterocycles. The lowest BCUT2D eigenvalue weighted by Crippen LogP contribution is -2.40. The molecule has 190 valence electrons. The zero-order valence-electron chi connectivity index (χ0n) is 21.5. The van der Waals surface area contributed by atoms with Gasteiger partial charge < -0.3 is 15.1 Å². The maximum Gasteiger partial charge on any atom is 0.248 e. The first-order chi connectivity index (χ1) is 16.2. The van der Waals surface area contributed by atoms with E-state index in [0.717, 1.165) is 88.7 Å². The number of ketones is 1. The van der Waals surface area contributed by atoms with Crippen LogP contribution in [-0.4, -0.2) is 60.1 Å². The molecular weight excluding hydrogens is 426 g/mol. The molecule has 2 heterocycles. The summed E-state index contributed by atoms with van der Waals surface area (Å²) < 4.78 is 0. The summed E-state index contributed by atoms with van der Waals surface area (Å²) in [6, 6.07) is 0. The van der Waals surface area contributed by atoms with E-state index in [2.05, 4.69) is 30.0 Å². The molecule has 2 rings (SSSR count). The van der Waals surface area contributed by atoms with Crippen molar-refractivity contribution in [2.75, 3.05) is 32.7 Å². The van der Waals surface area contributed by atoms with Crippen LogP contribution in [0.25, 0.3) is 0 Å². The van der Waals surface area contributed by atoms with Gasteiger partial charge in [-0.15, -0.1) is 0 Å². The average molecular weight is 472 g/mol. The SMILES string of the molecule is C=C(C)C(=C)N1CCC(C(=O)NCCCCCCCC(=O)C2CCN(C(=O)C(=C)C)CC2)CC1. The molecule has 0 atom stereocenters. The van der Waals surface area contributed by atoms with Gasteiger partial charge >= 0.3 is 0 Å². The Balaban J connectivity index is 1.47. The van der Waals surface area contributed by atoms with E-state index in [1.165, 1.54) is 0 Å². The van der Waals surface area contributed by atoms with Crippen LogP contribution in [0.15, 0.2) is 36.6 Å². The van der Waals surface area contributed by atoms with Crippen molar-refractivity contribution in [3.8, 4) is 0 Å². The van der Waals surface area contributed by atoms with E-state index in [1.807, 2.05) is 11.8 Å². The minimum Gasteiger partial charge on any atom is -0.372 e. The highest BCUT2D eigenvalue weighted by atomic mass is 16.2. The van der Waals surface area contributed by atoms with Gasteiger partial charge in [0.2, 0.25) is 11.8 Å². The van der Waals surface area contributed by atoms with Gasteiger partial charge in [-0.05, 0) is 57.9 Å². The zero-order chi connectivity index (χ0) is 25.1. The van der Waals surface area contributed by atoms with Crippen LogP contribution in [0.4, 0.5) is 0 Å². The fraction of sp³-hybridized carbons (Fsp3) is 0.679. The zero-order valence-corrected chi connectivity index (χ0v) is 21.5. The number of carbonyl (C=O) groups is 3. The van der Waals surface area contributed by atoms with Crippen molar-refractivity contribution in [3.63, 3.8) is 0 Å². The van der Waals surface area contributed by atoms with Gasteiger partial charge in [-0.2, -0.15) is 0 Å². The van der Waals surface area contributed by atoms with Crippen molar-refractivity contribution >= 4 is 17.6 Å². The number of likely N-dealkylation sites (tertiary alicyclic amines) is 2. The second-order valence-electron chi connectivity index (χ2n) is 10.1. The fourth-order valence-corrected chi connectivity index (χ4v) is 4.87. The quantitative estimate of drug-likeness (QED) is 0.242.